The third-order valence-electron chi connectivity index (χ3n) is 3.75. The molecule has 104 valence electrons. The van der Waals surface area contributed by atoms with Gasteiger partial charge in [-0.2, -0.15) is 8.42 Å². The van der Waals surface area contributed by atoms with E-state index in [1.54, 1.807) is 6.07 Å². The summed E-state index contributed by atoms with van der Waals surface area (Å²) >= 11 is 0. The number of aliphatic hydroxyl groups excluding tert-OH is 1. The summed E-state index contributed by atoms with van der Waals surface area (Å²) in [6.45, 7) is 1.87. The number of hydrogen-bond acceptors (Lipinski definition) is 3. The monoisotopic (exact) mass is 290 g/mol. The molecule has 0 saturated heterocycles. The second kappa shape index (κ2) is 4.41. The smallest absolute Gasteiger partial charge is 0.294 e. The lowest BCUT2D eigenvalue weighted by molar-refractivity contribution is 0.282. The molecule has 0 aromatic heterocycles. The van der Waals surface area contributed by atoms with Crippen molar-refractivity contribution in [2.24, 2.45) is 0 Å². The Kier molecular flexibility index (Phi) is 2.93. The zero-order chi connectivity index (χ0) is 14.5. The maximum absolute atomic E-state index is 11.2. The van der Waals surface area contributed by atoms with Crippen molar-refractivity contribution in [3.05, 3.63) is 53.1 Å². The average molecular weight is 290 g/mol. The minimum Gasteiger partial charge on any atom is -0.395 e. The van der Waals surface area contributed by atoms with Gasteiger partial charge in [0, 0.05) is 5.92 Å². The Bertz CT molecular complexity index is 794. The Labute approximate surface area is 117 Å². The maximum Gasteiger partial charge on any atom is 0.294 e. The molecule has 0 amide bonds. The third-order valence-corrected chi connectivity index (χ3v) is 4.60. The zero-order valence-corrected chi connectivity index (χ0v) is 11.7. The first kappa shape index (κ1) is 13.3. The van der Waals surface area contributed by atoms with Crippen molar-refractivity contribution in [2.75, 3.05) is 6.61 Å². The third kappa shape index (κ3) is 1.95. The van der Waals surface area contributed by atoms with Crippen molar-refractivity contribution in [1.82, 2.24) is 0 Å². The highest BCUT2D eigenvalue weighted by molar-refractivity contribution is 7.85. The topological polar surface area (TPSA) is 74.6 Å². The fraction of sp³-hybridized carbons (Fsp3) is 0.200. The van der Waals surface area contributed by atoms with Crippen LogP contribution in [0.15, 0.2) is 41.3 Å². The van der Waals surface area contributed by atoms with Gasteiger partial charge in [0.05, 0.1) is 11.5 Å². The predicted octanol–water partition coefficient (Wildman–Crippen LogP) is 2.35. The number of hydrogen-bond donors (Lipinski definition) is 2. The zero-order valence-electron chi connectivity index (χ0n) is 10.9. The van der Waals surface area contributed by atoms with Crippen LogP contribution in [0.2, 0.25) is 0 Å². The van der Waals surface area contributed by atoms with Crippen molar-refractivity contribution in [3.63, 3.8) is 0 Å². The second-order valence-electron chi connectivity index (χ2n) is 5.05. The molecule has 1 atom stereocenters. The molecule has 1 unspecified atom stereocenters. The van der Waals surface area contributed by atoms with E-state index in [0.29, 0.717) is 0 Å². The van der Waals surface area contributed by atoms with Gasteiger partial charge in [0.1, 0.15) is 0 Å². The highest BCUT2D eigenvalue weighted by Gasteiger charge is 2.29. The first-order chi connectivity index (χ1) is 9.41. The standard InChI is InChI=1S/C15H14O4S/c1-9-2-4-11-12-5-3-10(20(17,18)19)7-14(12)15(8-16)13(11)6-9/h2-7,15-16H,8H2,1H3,(H,17,18,19). The molecular formula is C15H14O4S. The molecule has 0 saturated carbocycles. The average Bonchev–Trinajstić information content (AvgIpc) is 2.69. The van der Waals surface area contributed by atoms with Crippen LogP contribution in [0.25, 0.3) is 11.1 Å². The molecule has 2 aromatic rings. The predicted molar refractivity (Wildman–Crippen MR) is 75.4 cm³/mol. The summed E-state index contributed by atoms with van der Waals surface area (Å²) in [7, 11) is -4.23. The Morgan fingerprint density at radius 3 is 2.25 bits per heavy atom. The van der Waals surface area contributed by atoms with Crippen molar-refractivity contribution in [3.8, 4) is 11.1 Å². The number of aliphatic hydroxyl groups is 1. The van der Waals surface area contributed by atoms with E-state index >= 15 is 0 Å². The van der Waals surface area contributed by atoms with E-state index in [-0.39, 0.29) is 17.4 Å². The van der Waals surface area contributed by atoms with Crippen molar-refractivity contribution >= 4 is 10.1 Å². The lowest BCUT2D eigenvalue weighted by Gasteiger charge is -2.10. The Morgan fingerprint density at radius 1 is 1.05 bits per heavy atom. The summed E-state index contributed by atoms with van der Waals surface area (Å²) in [5, 5.41) is 9.63. The van der Waals surface area contributed by atoms with E-state index in [2.05, 4.69) is 0 Å². The molecule has 2 aromatic carbocycles. The van der Waals surface area contributed by atoms with Gasteiger partial charge in [0.2, 0.25) is 0 Å². The van der Waals surface area contributed by atoms with E-state index in [1.165, 1.54) is 12.1 Å². The molecule has 0 spiro atoms. The molecule has 4 nitrogen and oxygen atoms in total. The van der Waals surface area contributed by atoms with Crippen LogP contribution < -0.4 is 0 Å². The quantitative estimate of drug-likeness (QED) is 0.833. The maximum atomic E-state index is 11.2. The first-order valence-corrected chi connectivity index (χ1v) is 7.69. The summed E-state index contributed by atoms with van der Waals surface area (Å²) < 4.78 is 31.6. The molecular weight excluding hydrogens is 276 g/mol. The van der Waals surface area contributed by atoms with Crippen LogP contribution in [-0.4, -0.2) is 24.7 Å². The highest BCUT2D eigenvalue weighted by atomic mass is 32.2. The number of benzene rings is 2. The van der Waals surface area contributed by atoms with Gasteiger partial charge in [0.25, 0.3) is 10.1 Å². The molecule has 3 rings (SSSR count). The van der Waals surface area contributed by atoms with E-state index in [1.807, 2.05) is 25.1 Å². The van der Waals surface area contributed by atoms with Gasteiger partial charge in [-0.3, -0.25) is 4.55 Å². The molecule has 2 N–H and O–H groups in total. The molecule has 1 aliphatic carbocycles. The van der Waals surface area contributed by atoms with Crippen LogP contribution in [0.1, 0.15) is 22.6 Å². The van der Waals surface area contributed by atoms with Crippen molar-refractivity contribution in [2.45, 2.75) is 17.7 Å². The van der Waals surface area contributed by atoms with Gasteiger partial charge in [-0.25, -0.2) is 0 Å². The molecule has 0 radical (unpaired) electrons. The highest BCUT2D eigenvalue weighted by Crippen LogP contribution is 2.45. The van der Waals surface area contributed by atoms with Crippen LogP contribution in [0, 0.1) is 6.92 Å². The van der Waals surface area contributed by atoms with E-state index in [9.17, 15) is 13.5 Å². The molecule has 0 bridgehead atoms. The Hall–Kier alpha value is -1.69. The minimum absolute atomic E-state index is 0.0988. The summed E-state index contributed by atoms with van der Waals surface area (Å²) in [6, 6.07) is 10.5. The molecule has 0 heterocycles. The normalized spacial score (nSPS) is 16.9. The summed E-state index contributed by atoms with van der Waals surface area (Å²) in [4.78, 5) is -0.140. The second-order valence-corrected chi connectivity index (χ2v) is 6.47. The van der Waals surface area contributed by atoms with E-state index in [4.69, 9.17) is 4.55 Å². The molecule has 0 aliphatic heterocycles. The lowest BCUT2D eigenvalue weighted by Crippen LogP contribution is -2.04. The number of fused-ring (bicyclic) bond motifs is 3. The number of aryl methyl sites for hydroxylation is 1. The lowest BCUT2D eigenvalue weighted by atomic mass is 9.97. The fourth-order valence-electron chi connectivity index (χ4n) is 2.81. The summed E-state index contributed by atoms with van der Waals surface area (Å²) in [5.41, 5.74) is 4.74. The van der Waals surface area contributed by atoms with Crippen LogP contribution in [0.5, 0.6) is 0 Å². The fourth-order valence-corrected chi connectivity index (χ4v) is 3.33. The van der Waals surface area contributed by atoms with Gasteiger partial charge in [-0.1, -0.05) is 29.8 Å². The number of rotatable bonds is 2. The van der Waals surface area contributed by atoms with Crippen LogP contribution in [0.3, 0.4) is 0 Å². The van der Waals surface area contributed by atoms with Gasteiger partial charge in [-0.15, -0.1) is 0 Å². The molecule has 20 heavy (non-hydrogen) atoms. The SMILES string of the molecule is Cc1ccc2c(c1)C(CO)c1cc(S(=O)(=O)O)ccc1-2. The van der Waals surface area contributed by atoms with Gasteiger partial charge < -0.3 is 5.11 Å². The van der Waals surface area contributed by atoms with Gasteiger partial charge in [-0.05, 0) is 41.3 Å². The molecule has 0 fully saturated rings. The van der Waals surface area contributed by atoms with Crippen LogP contribution in [0.4, 0.5) is 0 Å². The van der Waals surface area contributed by atoms with Gasteiger partial charge in [0.15, 0.2) is 0 Å². The van der Waals surface area contributed by atoms with Gasteiger partial charge >= 0.3 is 0 Å². The summed E-state index contributed by atoms with van der Waals surface area (Å²) in [5.74, 6) is -0.249. The summed E-state index contributed by atoms with van der Waals surface area (Å²) in [6.07, 6.45) is 0. The van der Waals surface area contributed by atoms with Crippen molar-refractivity contribution < 1.29 is 18.1 Å². The molecule has 1 aliphatic rings. The Balaban J connectivity index is 2.26. The van der Waals surface area contributed by atoms with E-state index in [0.717, 1.165) is 27.8 Å². The first-order valence-electron chi connectivity index (χ1n) is 6.25. The van der Waals surface area contributed by atoms with Crippen LogP contribution >= 0.6 is 0 Å². The minimum atomic E-state index is -4.23. The van der Waals surface area contributed by atoms with Crippen LogP contribution in [-0.2, 0) is 10.1 Å². The van der Waals surface area contributed by atoms with Crippen molar-refractivity contribution in [1.29, 1.82) is 0 Å². The Morgan fingerprint density at radius 2 is 1.65 bits per heavy atom. The van der Waals surface area contributed by atoms with E-state index < -0.39 is 10.1 Å². The largest absolute Gasteiger partial charge is 0.395 e. The molecule has 5 heteroatoms.